The number of hydrogen-bond donors (Lipinski definition) is 0. The maximum absolute atomic E-state index is 11.5. The fraction of sp³-hybridized carbons (Fsp3) is 0.933. The molecule has 6 nitrogen and oxygen atoms in total. The van der Waals surface area contributed by atoms with Gasteiger partial charge in [0, 0.05) is 13.8 Å². The summed E-state index contributed by atoms with van der Waals surface area (Å²) in [4.78, 5) is 22.9. The second kappa shape index (κ2) is 9.87. The Labute approximate surface area is 219 Å². The Hall–Kier alpha value is -1.14. The van der Waals surface area contributed by atoms with Gasteiger partial charge >= 0.3 is 11.9 Å². The van der Waals surface area contributed by atoms with Crippen molar-refractivity contribution in [3.8, 4) is 0 Å². The second-order valence-corrected chi connectivity index (χ2v) is 13.7. The Morgan fingerprint density at radius 2 is 0.944 bits per heavy atom. The van der Waals surface area contributed by atoms with E-state index in [-0.39, 0.29) is 46.2 Å². The lowest BCUT2D eigenvalue weighted by Gasteiger charge is -2.57. The van der Waals surface area contributed by atoms with Crippen LogP contribution in [0.2, 0.25) is 0 Å². The monoisotopic (exact) mass is 508 g/mol. The van der Waals surface area contributed by atoms with Gasteiger partial charge in [-0.05, 0) is 103 Å². The molecule has 2 spiro atoms. The van der Waals surface area contributed by atoms with Crippen molar-refractivity contribution in [2.24, 2.45) is 10.8 Å². The standard InChI is InChI=1S/2C15H26O3/c2*1-11-7-10-15(17-11)13(3,4)8-6-9-14(15,5)18-12(2)16/h2*11H,6-10H2,1-5H3/t11?,14?,15-;11-,14?,15+/m00/s1. The molecule has 4 fully saturated rings. The average molecular weight is 509 g/mol. The maximum Gasteiger partial charge on any atom is 0.303 e. The fourth-order valence-corrected chi connectivity index (χ4v) is 8.39. The first-order valence-corrected chi connectivity index (χ1v) is 14.2. The third-order valence-corrected chi connectivity index (χ3v) is 10.2. The summed E-state index contributed by atoms with van der Waals surface area (Å²) in [6.45, 7) is 20.4. The number of carbonyl (C=O) groups is 2. The summed E-state index contributed by atoms with van der Waals surface area (Å²) in [5.41, 5.74) is -1.48. The van der Waals surface area contributed by atoms with E-state index >= 15 is 0 Å². The lowest BCUT2D eigenvalue weighted by Crippen LogP contribution is -2.64. The van der Waals surface area contributed by atoms with Crippen LogP contribution in [0.1, 0.15) is 133 Å². The van der Waals surface area contributed by atoms with Crippen LogP contribution in [0.25, 0.3) is 0 Å². The van der Waals surface area contributed by atoms with Gasteiger partial charge in [0.1, 0.15) is 22.4 Å². The lowest BCUT2D eigenvalue weighted by molar-refractivity contribution is -0.251. The highest BCUT2D eigenvalue weighted by Crippen LogP contribution is 2.59. The zero-order valence-corrected chi connectivity index (χ0v) is 24.7. The fourth-order valence-electron chi connectivity index (χ4n) is 8.39. The molecule has 6 heteroatoms. The highest BCUT2D eigenvalue weighted by Gasteiger charge is 2.65. The van der Waals surface area contributed by atoms with Crippen LogP contribution < -0.4 is 0 Å². The van der Waals surface area contributed by atoms with Gasteiger partial charge in [-0.25, -0.2) is 0 Å². The molecule has 6 atom stereocenters. The molecule has 2 heterocycles. The topological polar surface area (TPSA) is 71.1 Å². The number of esters is 2. The number of rotatable bonds is 2. The van der Waals surface area contributed by atoms with E-state index in [0.29, 0.717) is 0 Å². The first-order valence-electron chi connectivity index (χ1n) is 14.2. The molecule has 0 N–H and O–H groups in total. The van der Waals surface area contributed by atoms with Crippen molar-refractivity contribution in [2.75, 3.05) is 0 Å². The molecule has 0 aromatic rings. The van der Waals surface area contributed by atoms with Gasteiger partial charge in [0.25, 0.3) is 0 Å². The van der Waals surface area contributed by atoms with E-state index in [1.165, 1.54) is 13.8 Å². The van der Waals surface area contributed by atoms with Crippen LogP contribution in [0.3, 0.4) is 0 Å². The SMILES string of the molecule is CC(=O)OC1(C)CCCC(C)(C)[C@@]12CCC(C)O2.CC(=O)OC1(C)CCCC(C)(C)[C@]12CC[C@H](C)O2. The van der Waals surface area contributed by atoms with E-state index in [9.17, 15) is 9.59 Å². The second-order valence-electron chi connectivity index (χ2n) is 13.7. The Morgan fingerprint density at radius 1 is 0.611 bits per heavy atom. The summed E-state index contributed by atoms with van der Waals surface area (Å²) in [7, 11) is 0. The minimum absolute atomic E-state index is 0.0558. The van der Waals surface area contributed by atoms with Gasteiger partial charge in [-0.2, -0.15) is 0 Å². The molecule has 2 saturated carbocycles. The Bertz CT molecular complexity index is 767. The van der Waals surface area contributed by atoms with Gasteiger partial charge < -0.3 is 18.9 Å². The molecule has 36 heavy (non-hydrogen) atoms. The average Bonchev–Trinajstić information content (AvgIpc) is 3.31. The third kappa shape index (κ3) is 4.86. The number of carbonyl (C=O) groups excluding carboxylic acids is 2. The number of hydrogen-bond acceptors (Lipinski definition) is 6. The Morgan fingerprint density at radius 3 is 1.19 bits per heavy atom. The van der Waals surface area contributed by atoms with Gasteiger partial charge in [0.15, 0.2) is 0 Å². The predicted molar refractivity (Wildman–Crippen MR) is 141 cm³/mol. The summed E-state index contributed by atoms with van der Waals surface area (Å²) in [5, 5.41) is 0. The maximum atomic E-state index is 11.5. The van der Waals surface area contributed by atoms with Crippen LogP contribution in [0.4, 0.5) is 0 Å². The minimum Gasteiger partial charge on any atom is -0.456 e. The van der Waals surface area contributed by atoms with Crippen LogP contribution in [0, 0.1) is 10.8 Å². The van der Waals surface area contributed by atoms with E-state index in [2.05, 4.69) is 55.4 Å². The molecule has 0 amide bonds. The van der Waals surface area contributed by atoms with E-state index in [0.717, 1.165) is 64.2 Å². The van der Waals surface area contributed by atoms with Gasteiger partial charge in [0.2, 0.25) is 0 Å². The van der Waals surface area contributed by atoms with Gasteiger partial charge in [-0.1, -0.05) is 27.7 Å². The van der Waals surface area contributed by atoms with Crippen molar-refractivity contribution < 1.29 is 28.5 Å². The van der Waals surface area contributed by atoms with Crippen molar-refractivity contribution in [3.05, 3.63) is 0 Å². The highest BCUT2D eigenvalue weighted by molar-refractivity contribution is 5.67. The van der Waals surface area contributed by atoms with Gasteiger partial charge in [-0.3, -0.25) is 9.59 Å². The quantitative estimate of drug-likeness (QED) is 0.377. The Kier molecular flexibility index (Phi) is 8.07. The highest BCUT2D eigenvalue weighted by atomic mass is 16.6. The summed E-state index contributed by atoms with van der Waals surface area (Å²) >= 11 is 0. The molecule has 2 saturated heterocycles. The van der Waals surface area contributed by atoms with Crippen LogP contribution >= 0.6 is 0 Å². The molecular formula is C30H52O6. The molecule has 208 valence electrons. The van der Waals surface area contributed by atoms with Crippen LogP contribution in [0.15, 0.2) is 0 Å². The van der Waals surface area contributed by atoms with Crippen LogP contribution in [-0.4, -0.2) is 46.6 Å². The van der Waals surface area contributed by atoms with E-state index in [4.69, 9.17) is 18.9 Å². The first-order chi connectivity index (χ1) is 16.4. The molecule has 0 bridgehead atoms. The first kappa shape index (κ1) is 29.4. The normalized spacial score (nSPS) is 43.1. The smallest absolute Gasteiger partial charge is 0.303 e. The summed E-state index contributed by atoms with van der Waals surface area (Å²) in [6, 6.07) is 0. The summed E-state index contributed by atoms with van der Waals surface area (Å²) < 4.78 is 24.2. The minimum atomic E-state index is -0.481. The van der Waals surface area contributed by atoms with Crippen molar-refractivity contribution in [1.82, 2.24) is 0 Å². The summed E-state index contributed by atoms with van der Waals surface area (Å²) in [5.74, 6) is -0.393. The molecule has 0 aromatic heterocycles. The number of ether oxygens (including phenoxy) is 4. The van der Waals surface area contributed by atoms with E-state index in [1.54, 1.807) is 0 Å². The van der Waals surface area contributed by atoms with Crippen molar-refractivity contribution >= 4 is 11.9 Å². The van der Waals surface area contributed by atoms with Gasteiger partial charge in [0.05, 0.1) is 12.2 Å². The zero-order chi connectivity index (χ0) is 27.2. The van der Waals surface area contributed by atoms with Crippen molar-refractivity contribution in [2.45, 2.75) is 168 Å². The predicted octanol–water partition coefficient (Wildman–Crippen LogP) is 6.91. The van der Waals surface area contributed by atoms with Crippen molar-refractivity contribution in [1.29, 1.82) is 0 Å². The molecule has 2 aliphatic carbocycles. The lowest BCUT2D eigenvalue weighted by atomic mass is 9.57. The third-order valence-electron chi connectivity index (χ3n) is 10.2. The molecule has 2 aliphatic heterocycles. The molecule has 0 aromatic carbocycles. The molecular weight excluding hydrogens is 456 g/mol. The Balaban J connectivity index is 0.000000201. The van der Waals surface area contributed by atoms with E-state index < -0.39 is 11.2 Å². The van der Waals surface area contributed by atoms with Gasteiger partial charge in [-0.15, -0.1) is 0 Å². The molecule has 0 radical (unpaired) electrons. The van der Waals surface area contributed by atoms with Crippen molar-refractivity contribution in [3.63, 3.8) is 0 Å². The largest absolute Gasteiger partial charge is 0.456 e. The van der Waals surface area contributed by atoms with E-state index in [1.807, 2.05) is 0 Å². The van der Waals surface area contributed by atoms with Crippen LogP contribution in [-0.2, 0) is 28.5 Å². The summed E-state index contributed by atoms with van der Waals surface area (Å²) in [6.07, 6.45) is 10.9. The zero-order valence-electron chi connectivity index (χ0n) is 24.7. The molecule has 4 aliphatic rings. The molecule has 4 rings (SSSR count). The molecule has 3 unspecified atom stereocenters. The van der Waals surface area contributed by atoms with Crippen LogP contribution in [0.5, 0.6) is 0 Å².